The minimum absolute atomic E-state index is 0.473. The normalized spacial score (nSPS) is 31.1. The van der Waals surface area contributed by atoms with Gasteiger partial charge in [-0.2, -0.15) is 0 Å². The van der Waals surface area contributed by atoms with Crippen LogP contribution in [0.25, 0.3) is 0 Å². The van der Waals surface area contributed by atoms with E-state index in [2.05, 4.69) is 23.3 Å². The average molecular weight is 220 g/mol. The zero-order chi connectivity index (χ0) is 11.0. The Morgan fingerprint density at radius 3 is 3.00 bits per heavy atom. The lowest BCUT2D eigenvalue weighted by atomic mass is 9.98. The molecular formula is C13H20N2O. The minimum Gasteiger partial charge on any atom is -0.468 e. The molecule has 1 saturated heterocycles. The molecule has 2 heterocycles. The van der Waals surface area contributed by atoms with Gasteiger partial charge < -0.3 is 9.73 Å². The fourth-order valence-electron chi connectivity index (χ4n) is 2.75. The lowest BCUT2D eigenvalue weighted by Gasteiger charge is -2.23. The van der Waals surface area contributed by atoms with Crippen LogP contribution in [0.2, 0.25) is 0 Å². The monoisotopic (exact) mass is 220 g/mol. The Bertz CT molecular complexity index is 332. The summed E-state index contributed by atoms with van der Waals surface area (Å²) in [7, 11) is 2.20. The van der Waals surface area contributed by atoms with Crippen LogP contribution in [0.5, 0.6) is 0 Å². The van der Waals surface area contributed by atoms with Crippen LogP contribution >= 0.6 is 0 Å². The SMILES string of the molecule is CN1CCC(CNC2CC2)C1c1ccco1. The molecule has 16 heavy (non-hydrogen) atoms. The van der Waals surface area contributed by atoms with Crippen LogP contribution in [-0.2, 0) is 0 Å². The predicted molar refractivity (Wildman–Crippen MR) is 63.2 cm³/mol. The van der Waals surface area contributed by atoms with Crippen molar-refractivity contribution < 1.29 is 4.42 Å². The second-order valence-corrected chi connectivity index (χ2v) is 5.17. The van der Waals surface area contributed by atoms with Crippen molar-refractivity contribution in [2.24, 2.45) is 5.92 Å². The Hall–Kier alpha value is -0.800. The second kappa shape index (κ2) is 4.22. The first-order valence-corrected chi connectivity index (χ1v) is 6.31. The number of hydrogen-bond donors (Lipinski definition) is 1. The third kappa shape index (κ3) is 2.02. The van der Waals surface area contributed by atoms with Crippen LogP contribution in [0.4, 0.5) is 0 Å². The van der Waals surface area contributed by atoms with Gasteiger partial charge in [0.2, 0.25) is 0 Å². The minimum atomic E-state index is 0.473. The van der Waals surface area contributed by atoms with E-state index >= 15 is 0 Å². The molecule has 1 aliphatic carbocycles. The summed E-state index contributed by atoms with van der Waals surface area (Å²) >= 11 is 0. The Labute approximate surface area is 96.8 Å². The number of likely N-dealkylation sites (tertiary alicyclic amines) is 1. The van der Waals surface area contributed by atoms with Crippen LogP contribution in [0.15, 0.2) is 22.8 Å². The maximum atomic E-state index is 5.57. The molecule has 2 unspecified atom stereocenters. The average Bonchev–Trinajstić information content (AvgIpc) is 2.82. The summed E-state index contributed by atoms with van der Waals surface area (Å²) in [4.78, 5) is 2.41. The number of rotatable bonds is 4. The molecule has 0 aromatic carbocycles. The molecule has 0 amide bonds. The van der Waals surface area contributed by atoms with E-state index in [0.717, 1.165) is 18.3 Å². The standard InChI is InChI=1S/C13H20N2O/c1-15-7-6-10(9-14-11-4-5-11)13(15)12-3-2-8-16-12/h2-3,8,10-11,13-14H,4-7,9H2,1H3. The van der Waals surface area contributed by atoms with Crippen molar-refractivity contribution in [3.63, 3.8) is 0 Å². The Kier molecular flexibility index (Phi) is 2.74. The van der Waals surface area contributed by atoms with E-state index in [1.807, 2.05) is 6.07 Å². The highest BCUT2D eigenvalue weighted by molar-refractivity contribution is 5.09. The lowest BCUT2D eigenvalue weighted by Crippen LogP contribution is -2.29. The van der Waals surface area contributed by atoms with Crippen molar-refractivity contribution in [3.05, 3.63) is 24.2 Å². The molecule has 3 nitrogen and oxygen atoms in total. The van der Waals surface area contributed by atoms with E-state index in [1.165, 1.54) is 25.8 Å². The molecule has 1 aromatic heterocycles. The third-order valence-corrected chi connectivity index (χ3v) is 3.85. The predicted octanol–water partition coefficient (Wildman–Crippen LogP) is 2.02. The van der Waals surface area contributed by atoms with Crippen LogP contribution in [0.1, 0.15) is 31.1 Å². The maximum Gasteiger partial charge on any atom is 0.121 e. The summed E-state index contributed by atoms with van der Waals surface area (Å²) in [6.07, 6.45) is 5.80. The van der Waals surface area contributed by atoms with Crippen LogP contribution < -0.4 is 5.32 Å². The van der Waals surface area contributed by atoms with Gasteiger partial charge in [-0.15, -0.1) is 0 Å². The van der Waals surface area contributed by atoms with Crippen molar-refractivity contribution in [3.8, 4) is 0 Å². The van der Waals surface area contributed by atoms with E-state index < -0.39 is 0 Å². The molecule has 1 aliphatic heterocycles. The van der Waals surface area contributed by atoms with Gasteiger partial charge in [0.15, 0.2) is 0 Å². The highest BCUT2D eigenvalue weighted by Gasteiger charge is 2.35. The van der Waals surface area contributed by atoms with Crippen molar-refractivity contribution in [1.29, 1.82) is 0 Å². The smallest absolute Gasteiger partial charge is 0.121 e. The molecule has 88 valence electrons. The van der Waals surface area contributed by atoms with Crippen LogP contribution in [-0.4, -0.2) is 31.1 Å². The molecule has 2 fully saturated rings. The summed E-state index contributed by atoms with van der Waals surface area (Å²) in [5.41, 5.74) is 0. The summed E-state index contributed by atoms with van der Waals surface area (Å²) < 4.78 is 5.57. The van der Waals surface area contributed by atoms with Crippen LogP contribution in [0, 0.1) is 5.92 Å². The van der Waals surface area contributed by atoms with E-state index in [-0.39, 0.29) is 0 Å². The Balaban J connectivity index is 1.66. The van der Waals surface area contributed by atoms with E-state index in [0.29, 0.717) is 12.0 Å². The van der Waals surface area contributed by atoms with Crippen molar-refractivity contribution in [2.75, 3.05) is 20.1 Å². The number of nitrogens with zero attached hydrogens (tertiary/aromatic N) is 1. The highest BCUT2D eigenvalue weighted by Crippen LogP contribution is 2.36. The molecule has 0 spiro atoms. The number of nitrogens with one attached hydrogen (secondary N) is 1. The molecule has 0 radical (unpaired) electrons. The Morgan fingerprint density at radius 1 is 1.44 bits per heavy atom. The molecule has 2 aliphatic rings. The summed E-state index contributed by atoms with van der Waals surface area (Å²) in [5, 5.41) is 3.64. The first-order chi connectivity index (χ1) is 7.84. The van der Waals surface area contributed by atoms with Crippen molar-refractivity contribution in [2.45, 2.75) is 31.3 Å². The largest absolute Gasteiger partial charge is 0.468 e. The van der Waals surface area contributed by atoms with Crippen molar-refractivity contribution in [1.82, 2.24) is 10.2 Å². The van der Waals surface area contributed by atoms with E-state index in [4.69, 9.17) is 4.42 Å². The first-order valence-electron chi connectivity index (χ1n) is 6.31. The number of hydrogen-bond acceptors (Lipinski definition) is 3. The fourth-order valence-corrected chi connectivity index (χ4v) is 2.75. The second-order valence-electron chi connectivity index (χ2n) is 5.17. The zero-order valence-corrected chi connectivity index (χ0v) is 9.86. The summed E-state index contributed by atoms with van der Waals surface area (Å²) in [6, 6.07) is 5.38. The van der Waals surface area contributed by atoms with E-state index in [1.54, 1.807) is 6.26 Å². The summed E-state index contributed by atoms with van der Waals surface area (Å²) in [5.74, 6) is 1.83. The van der Waals surface area contributed by atoms with Gasteiger partial charge in [0, 0.05) is 12.6 Å². The van der Waals surface area contributed by atoms with Gasteiger partial charge >= 0.3 is 0 Å². The van der Waals surface area contributed by atoms with Gasteiger partial charge in [0.25, 0.3) is 0 Å². The van der Waals surface area contributed by atoms with Gasteiger partial charge in [-0.3, -0.25) is 4.90 Å². The summed E-state index contributed by atoms with van der Waals surface area (Å²) in [6.45, 7) is 2.32. The molecule has 3 rings (SSSR count). The quantitative estimate of drug-likeness (QED) is 0.841. The molecule has 1 aromatic rings. The fraction of sp³-hybridized carbons (Fsp3) is 0.692. The van der Waals surface area contributed by atoms with Crippen molar-refractivity contribution >= 4 is 0 Å². The van der Waals surface area contributed by atoms with Gasteiger partial charge in [0.1, 0.15) is 5.76 Å². The van der Waals surface area contributed by atoms with Crippen LogP contribution in [0.3, 0.4) is 0 Å². The van der Waals surface area contributed by atoms with Gasteiger partial charge in [-0.25, -0.2) is 0 Å². The Morgan fingerprint density at radius 2 is 2.31 bits per heavy atom. The molecule has 3 heteroatoms. The van der Waals surface area contributed by atoms with E-state index in [9.17, 15) is 0 Å². The molecule has 1 N–H and O–H groups in total. The first kappa shape index (κ1) is 10.4. The molecular weight excluding hydrogens is 200 g/mol. The maximum absolute atomic E-state index is 5.57. The molecule has 1 saturated carbocycles. The van der Waals surface area contributed by atoms with Gasteiger partial charge in [-0.05, 0) is 50.9 Å². The molecule has 0 bridgehead atoms. The van der Waals surface area contributed by atoms with Gasteiger partial charge in [0.05, 0.1) is 12.3 Å². The zero-order valence-electron chi connectivity index (χ0n) is 9.86. The molecule has 2 atom stereocenters. The third-order valence-electron chi connectivity index (χ3n) is 3.85. The number of furan rings is 1. The lowest BCUT2D eigenvalue weighted by molar-refractivity contribution is 0.234. The van der Waals surface area contributed by atoms with Gasteiger partial charge in [-0.1, -0.05) is 0 Å². The highest BCUT2D eigenvalue weighted by atomic mass is 16.3. The topological polar surface area (TPSA) is 28.4 Å².